The van der Waals surface area contributed by atoms with Gasteiger partial charge in [0.2, 0.25) is 5.95 Å². The molecule has 2 heterocycles. The predicted octanol–water partition coefficient (Wildman–Crippen LogP) is 1.42. The van der Waals surface area contributed by atoms with E-state index < -0.39 is 11.9 Å². The van der Waals surface area contributed by atoms with Crippen molar-refractivity contribution in [3.8, 4) is 0 Å². The fourth-order valence-corrected chi connectivity index (χ4v) is 1.67. The summed E-state index contributed by atoms with van der Waals surface area (Å²) in [5.74, 6) is 0.750. The molecule has 2 N–H and O–H groups in total. The first-order chi connectivity index (χ1) is 9.47. The molecule has 118 valence electrons. The lowest BCUT2D eigenvalue weighted by Crippen LogP contribution is -2.38. The predicted molar refractivity (Wildman–Crippen MR) is 83.9 cm³/mol. The van der Waals surface area contributed by atoms with E-state index in [1.165, 1.54) is 0 Å². The molecule has 2 rings (SSSR count). The molecule has 0 atom stereocenters. The van der Waals surface area contributed by atoms with Gasteiger partial charge in [-0.15, -0.1) is 24.0 Å². The Labute approximate surface area is 137 Å². The monoisotopic (exact) mass is 416 g/mol. The van der Waals surface area contributed by atoms with Gasteiger partial charge in [0.25, 0.3) is 0 Å². The summed E-state index contributed by atoms with van der Waals surface area (Å²) < 4.78 is 37.4. The van der Waals surface area contributed by atoms with Crippen LogP contribution < -0.4 is 10.6 Å². The number of likely N-dealkylation sites (N-methyl/N-ethyl adjacent to an activating group) is 1. The van der Waals surface area contributed by atoms with Crippen molar-refractivity contribution >= 4 is 35.9 Å². The molecule has 10 heteroatoms. The minimum atomic E-state index is -4.46. The quantitative estimate of drug-likeness (QED) is 0.575. The summed E-state index contributed by atoms with van der Waals surface area (Å²) in [6.45, 7) is 2.53. The second-order valence-corrected chi connectivity index (χ2v) is 4.24. The highest BCUT2D eigenvalue weighted by Crippen LogP contribution is 2.27. The summed E-state index contributed by atoms with van der Waals surface area (Å²) in [6, 6.07) is 0.839. The van der Waals surface area contributed by atoms with E-state index in [2.05, 4.69) is 25.6 Å². The number of rotatable bonds is 4. The molecular weight excluding hydrogens is 400 g/mol. The summed E-state index contributed by atoms with van der Waals surface area (Å²) in [5.41, 5.74) is -0.956. The van der Waals surface area contributed by atoms with E-state index in [9.17, 15) is 13.2 Å². The molecule has 0 saturated carbocycles. The third-order valence-electron chi connectivity index (χ3n) is 2.70. The summed E-state index contributed by atoms with van der Waals surface area (Å²) >= 11 is 0. The Kier molecular flexibility index (Phi) is 6.42. The number of aromatic nitrogens is 2. The van der Waals surface area contributed by atoms with Crippen LogP contribution in [-0.2, 0) is 6.18 Å². The first kappa shape index (κ1) is 17.7. The Hall–Kier alpha value is -1.33. The molecule has 0 unspecified atom stereocenters. The highest BCUT2D eigenvalue weighted by atomic mass is 127. The van der Waals surface area contributed by atoms with Crippen LogP contribution in [0.4, 0.5) is 19.1 Å². The third-order valence-corrected chi connectivity index (χ3v) is 2.70. The van der Waals surface area contributed by atoms with Crippen LogP contribution in [0, 0.1) is 0 Å². The number of nitrogens with one attached hydrogen (secondary N) is 2. The largest absolute Gasteiger partial charge is 0.433 e. The molecule has 1 aliphatic rings. The van der Waals surface area contributed by atoms with Crippen molar-refractivity contribution in [3.63, 3.8) is 0 Å². The molecule has 21 heavy (non-hydrogen) atoms. The number of nitrogens with zero attached hydrogens (tertiary/aromatic N) is 4. The van der Waals surface area contributed by atoms with E-state index in [0.717, 1.165) is 31.3 Å². The second kappa shape index (κ2) is 7.61. The van der Waals surface area contributed by atoms with Gasteiger partial charge in [0.1, 0.15) is 5.69 Å². The van der Waals surface area contributed by atoms with E-state index in [1.807, 2.05) is 11.9 Å². The fraction of sp³-hybridized carbons (Fsp3) is 0.545. The van der Waals surface area contributed by atoms with Crippen molar-refractivity contribution < 1.29 is 13.2 Å². The van der Waals surface area contributed by atoms with Gasteiger partial charge in [0.15, 0.2) is 5.96 Å². The zero-order chi connectivity index (χ0) is 14.6. The summed E-state index contributed by atoms with van der Waals surface area (Å²) in [4.78, 5) is 13.4. The SMILES string of the molecule is CN1CCN=C1NCCNc1nccc(C(F)(F)F)n1.I. The Morgan fingerprint density at radius 2 is 2.00 bits per heavy atom. The molecule has 1 aromatic rings. The van der Waals surface area contributed by atoms with E-state index >= 15 is 0 Å². The van der Waals surface area contributed by atoms with Crippen molar-refractivity contribution in [1.29, 1.82) is 0 Å². The molecule has 0 amide bonds. The Morgan fingerprint density at radius 1 is 1.29 bits per heavy atom. The number of guanidine groups is 1. The number of hydrogen-bond acceptors (Lipinski definition) is 6. The van der Waals surface area contributed by atoms with Crippen LogP contribution in [0.2, 0.25) is 0 Å². The van der Waals surface area contributed by atoms with Crippen LogP contribution >= 0.6 is 24.0 Å². The fourth-order valence-electron chi connectivity index (χ4n) is 1.67. The highest BCUT2D eigenvalue weighted by molar-refractivity contribution is 14.0. The molecule has 0 bridgehead atoms. The van der Waals surface area contributed by atoms with Gasteiger partial charge in [-0.1, -0.05) is 0 Å². The lowest BCUT2D eigenvalue weighted by atomic mass is 10.4. The van der Waals surface area contributed by atoms with Crippen LogP contribution in [0.3, 0.4) is 0 Å². The molecule has 0 fully saturated rings. The van der Waals surface area contributed by atoms with Crippen LogP contribution in [0.25, 0.3) is 0 Å². The van der Waals surface area contributed by atoms with Crippen LogP contribution in [0.1, 0.15) is 5.69 Å². The van der Waals surface area contributed by atoms with Crippen molar-refractivity contribution in [2.45, 2.75) is 6.18 Å². The average molecular weight is 416 g/mol. The minimum Gasteiger partial charge on any atom is -0.354 e. The molecule has 0 spiro atoms. The van der Waals surface area contributed by atoms with Gasteiger partial charge in [-0.2, -0.15) is 13.2 Å². The van der Waals surface area contributed by atoms with Gasteiger partial charge >= 0.3 is 6.18 Å². The molecule has 1 aromatic heterocycles. The zero-order valence-corrected chi connectivity index (χ0v) is 13.6. The minimum absolute atomic E-state index is 0. The van der Waals surface area contributed by atoms with Crippen LogP contribution in [0.5, 0.6) is 0 Å². The molecule has 0 aromatic carbocycles. The maximum Gasteiger partial charge on any atom is 0.433 e. The molecule has 0 saturated heterocycles. The standard InChI is InChI=1S/C11H15F3N6.HI/c1-20-7-6-18-10(20)17-5-4-16-9-15-3-2-8(19-9)11(12,13)14;/h2-3H,4-7H2,1H3,(H,17,18)(H,15,16,19);1H. The zero-order valence-electron chi connectivity index (χ0n) is 11.3. The topological polar surface area (TPSA) is 65.4 Å². The lowest BCUT2D eigenvalue weighted by Gasteiger charge is -2.15. The van der Waals surface area contributed by atoms with Gasteiger partial charge in [-0.05, 0) is 6.07 Å². The van der Waals surface area contributed by atoms with E-state index in [1.54, 1.807) is 0 Å². The number of aliphatic imine (C=N–C) groups is 1. The number of halogens is 4. The smallest absolute Gasteiger partial charge is 0.354 e. The number of anilines is 1. The van der Waals surface area contributed by atoms with E-state index in [-0.39, 0.29) is 29.9 Å². The molecular formula is C11H16F3IN6. The first-order valence-electron chi connectivity index (χ1n) is 6.10. The van der Waals surface area contributed by atoms with Gasteiger partial charge in [-0.3, -0.25) is 4.99 Å². The number of alkyl halides is 3. The van der Waals surface area contributed by atoms with Crippen molar-refractivity contribution in [2.75, 3.05) is 38.5 Å². The lowest BCUT2D eigenvalue weighted by molar-refractivity contribution is -0.141. The maximum absolute atomic E-state index is 12.5. The average Bonchev–Trinajstić information content (AvgIpc) is 2.80. The molecule has 1 aliphatic heterocycles. The van der Waals surface area contributed by atoms with Crippen LogP contribution in [0.15, 0.2) is 17.3 Å². The van der Waals surface area contributed by atoms with Gasteiger partial charge in [0, 0.05) is 32.9 Å². The third kappa shape index (κ3) is 5.17. The van der Waals surface area contributed by atoms with Crippen molar-refractivity contribution in [1.82, 2.24) is 20.2 Å². The molecule has 0 radical (unpaired) electrons. The van der Waals surface area contributed by atoms with E-state index in [0.29, 0.717) is 13.1 Å². The Balaban J connectivity index is 0.00000220. The van der Waals surface area contributed by atoms with Gasteiger partial charge in [0.05, 0.1) is 6.54 Å². The first-order valence-corrected chi connectivity index (χ1v) is 6.10. The summed E-state index contributed by atoms with van der Waals surface area (Å²) in [7, 11) is 1.92. The van der Waals surface area contributed by atoms with Gasteiger partial charge < -0.3 is 15.5 Å². The second-order valence-electron chi connectivity index (χ2n) is 4.24. The van der Waals surface area contributed by atoms with Crippen molar-refractivity contribution in [2.24, 2.45) is 4.99 Å². The van der Waals surface area contributed by atoms with Crippen molar-refractivity contribution in [3.05, 3.63) is 18.0 Å². The highest BCUT2D eigenvalue weighted by Gasteiger charge is 2.32. The number of hydrogen-bond donors (Lipinski definition) is 2. The Morgan fingerprint density at radius 3 is 2.62 bits per heavy atom. The van der Waals surface area contributed by atoms with Gasteiger partial charge in [-0.25, -0.2) is 9.97 Å². The normalized spacial score (nSPS) is 14.5. The molecule has 0 aliphatic carbocycles. The maximum atomic E-state index is 12.5. The van der Waals surface area contributed by atoms with E-state index in [4.69, 9.17) is 0 Å². The van der Waals surface area contributed by atoms with Crippen LogP contribution in [-0.4, -0.2) is 54.1 Å². The molecule has 6 nitrogen and oxygen atoms in total. The summed E-state index contributed by atoms with van der Waals surface area (Å²) in [5, 5.41) is 5.82. The Bertz CT molecular complexity index is 493. The summed E-state index contributed by atoms with van der Waals surface area (Å²) in [6.07, 6.45) is -3.38.